The van der Waals surface area contributed by atoms with Gasteiger partial charge >= 0.3 is 6.18 Å². The zero-order valence-corrected chi connectivity index (χ0v) is 24.7. The van der Waals surface area contributed by atoms with E-state index in [9.17, 15) is 18.0 Å². The SMILES string of the molecule is C=CCC(C)(C)C(NC(=C(C)CC)c1cn(Cc2ccc(C(F)(F)F)cc2)c2cc(N(C)C)c(F)cc2c1=O)OC. The number of nitrogens with one attached hydrogen (secondary N) is 1. The van der Waals surface area contributed by atoms with Gasteiger partial charge in [-0.1, -0.05) is 39.0 Å². The Kier molecular flexibility index (Phi) is 9.74. The van der Waals surface area contributed by atoms with Gasteiger partial charge in [0, 0.05) is 50.4 Å². The van der Waals surface area contributed by atoms with Crippen LogP contribution in [0.2, 0.25) is 0 Å². The molecule has 1 atom stereocenters. The van der Waals surface area contributed by atoms with Crippen LogP contribution in [-0.4, -0.2) is 32.0 Å². The Morgan fingerprint density at radius 3 is 2.32 bits per heavy atom. The summed E-state index contributed by atoms with van der Waals surface area (Å²) in [7, 11) is 4.98. The molecule has 1 N–H and O–H groups in total. The lowest BCUT2D eigenvalue weighted by Crippen LogP contribution is -2.43. The fourth-order valence-corrected chi connectivity index (χ4v) is 4.84. The molecule has 3 rings (SSSR count). The molecule has 5 nitrogen and oxygen atoms in total. The summed E-state index contributed by atoms with van der Waals surface area (Å²) in [5, 5.41) is 3.60. The molecule has 1 aromatic heterocycles. The van der Waals surface area contributed by atoms with E-state index in [-0.39, 0.29) is 28.5 Å². The summed E-state index contributed by atoms with van der Waals surface area (Å²) in [4.78, 5) is 15.6. The minimum Gasteiger partial charge on any atom is -0.375 e. The fourth-order valence-electron chi connectivity index (χ4n) is 4.84. The molecule has 0 aliphatic carbocycles. The number of anilines is 1. The van der Waals surface area contributed by atoms with Crippen molar-refractivity contribution in [1.82, 2.24) is 9.88 Å². The number of nitrogens with zero attached hydrogens (tertiary/aromatic N) is 2. The van der Waals surface area contributed by atoms with Crippen LogP contribution in [0.15, 0.2) is 65.6 Å². The molecule has 41 heavy (non-hydrogen) atoms. The minimum atomic E-state index is -4.45. The highest BCUT2D eigenvalue weighted by Crippen LogP contribution is 2.32. The summed E-state index contributed by atoms with van der Waals surface area (Å²) in [6.45, 7) is 11.9. The first-order chi connectivity index (χ1) is 19.1. The Hall–Kier alpha value is -3.59. The highest BCUT2D eigenvalue weighted by atomic mass is 19.4. The summed E-state index contributed by atoms with van der Waals surface area (Å²) in [6.07, 6.45) is -0.163. The van der Waals surface area contributed by atoms with E-state index in [0.717, 1.165) is 17.7 Å². The number of benzene rings is 2. The van der Waals surface area contributed by atoms with E-state index >= 15 is 4.39 Å². The number of methoxy groups -OCH3 is 1. The number of pyridine rings is 1. The largest absolute Gasteiger partial charge is 0.416 e. The molecule has 0 saturated carbocycles. The molecule has 2 aromatic carbocycles. The molecule has 0 fully saturated rings. The Morgan fingerprint density at radius 1 is 1.17 bits per heavy atom. The van der Waals surface area contributed by atoms with E-state index in [1.54, 1.807) is 42.9 Å². The minimum absolute atomic E-state index is 0.161. The Balaban J connectivity index is 2.29. The normalized spacial score (nSPS) is 13.6. The van der Waals surface area contributed by atoms with Crippen LogP contribution >= 0.6 is 0 Å². The van der Waals surface area contributed by atoms with E-state index in [4.69, 9.17) is 4.74 Å². The van der Waals surface area contributed by atoms with Crippen molar-refractivity contribution in [2.24, 2.45) is 5.41 Å². The number of alkyl halides is 3. The monoisotopic (exact) mass is 573 g/mol. The van der Waals surface area contributed by atoms with Gasteiger partial charge in [-0.15, -0.1) is 6.58 Å². The number of allylic oxidation sites excluding steroid dienone is 2. The Bertz CT molecular complexity index is 1490. The topological polar surface area (TPSA) is 46.5 Å². The van der Waals surface area contributed by atoms with Gasteiger partial charge in [0.25, 0.3) is 0 Å². The van der Waals surface area contributed by atoms with Gasteiger partial charge in [-0.3, -0.25) is 4.79 Å². The molecular formula is C32H39F4N3O2. The van der Waals surface area contributed by atoms with Crippen molar-refractivity contribution in [3.8, 4) is 0 Å². The van der Waals surface area contributed by atoms with Gasteiger partial charge < -0.3 is 19.5 Å². The summed E-state index contributed by atoms with van der Waals surface area (Å²) in [5.41, 5.74) is 1.64. The Morgan fingerprint density at radius 2 is 1.80 bits per heavy atom. The predicted octanol–water partition coefficient (Wildman–Crippen LogP) is 7.58. The van der Waals surface area contributed by atoms with E-state index in [2.05, 4.69) is 11.9 Å². The summed E-state index contributed by atoms with van der Waals surface area (Å²) in [6, 6.07) is 7.71. The lowest BCUT2D eigenvalue weighted by atomic mass is 9.86. The van der Waals surface area contributed by atoms with Crippen LogP contribution in [0.3, 0.4) is 0 Å². The van der Waals surface area contributed by atoms with Gasteiger partial charge in [0.15, 0.2) is 5.43 Å². The van der Waals surface area contributed by atoms with Gasteiger partial charge in [-0.25, -0.2) is 4.39 Å². The van der Waals surface area contributed by atoms with Crippen molar-refractivity contribution in [2.45, 2.75) is 59.5 Å². The maximum atomic E-state index is 15.2. The van der Waals surface area contributed by atoms with Crippen LogP contribution in [0, 0.1) is 11.2 Å². The zero-order chi connectivity index (χ0) is 30.7. The zero-order valence-electron chi connectivity index (χ0n) is 24.7. The third-order valence-corrected chi connectivity index (χ3v) is 7.38. The first-order valence-electron chi connectivity index (χ1n) is 13.4. The van der Waals surface area contributed by atoms with Gasteiger partial charge in [-0.2, -0.15) is 13.2 Å². The second-order valence-electron chi connectivity index (χ2n) is 11.2. The number of hydrogen-bond donors (Lipinski definition) is 1. The van der Waals surface area contributed by atoms with Crippen molar-refractivity contribution >= 4 is 22.3 Å². The number of halogens is 4. The first-order valence-corrected chi connectivity index (χ1v) is 13.4. The Labute approximate surface area is 239 Å². The summed E-state index contributed by atoms with van der Waals surface area (Å²) in [5.74, 6) is -0.551. The first kappa shape index (κ1) is 31.9. The average Bonchev–Trinajstić information content (AvgIpc) is 2.90. The average molecular weight is 574 g/mol. The molecule has 1 unspecified atom stereocenters. The molecule has 0 aliphatic heterocycles. The molecule has 0 spiro atoms. The van der Waals surface area contributed by atoms with Gasteiger partial charge in [0.05, 0.1) is 22.3 Å². The van der Waals surface area contributed by atoms with Crippen molar-refractivity contribution in [1.29, 1.82) is 0 Å². The summed E-state index contributed by atoms with van der Waals surface area (Å²) < 4.78 is 62.3. The van der Waals surface area contributed by atoms with Crippen LogP contribution < -0.4 is 15.6 Å². The van der Waals surface area contributed by atoms with Gasteiger partial charge in [0.1, 0.15) is 12.0 Å². The van der Waals surface area contributed by atoms with Crippen LogP contribution in [0.4, 0.5) is 23.2 Å². The molecule has 222 valence electrons. The van der Waals surface area contributed by atoms with Crippen molar-refractivity contribution < 1.29 is 22.3 Å². The van der Waals surface area contributed by atoms with Crippen molar-refractivity contribution in [3.63, 3.8) is 0 Å². The van der Waals surface area contributed by atoms with Crippen LogP contribution in [0.25, 0.3) is 16.6 Å². The quantitative estimate of drug-likeness (QED) is 0.146. The lowest BCUT2D eigenvalue weighted by molar-refractivity contribution is -0.137. The van der Waals surface area contributed by atoms with E-state index in [1.165, 1.54) is 18.2 Å². The molecule has 0 radical (unpaired) electrons. The third-order valence-electron chi connectivity index (χ3n) is 7.38. The lowest BCUT2D eigenvalue weighted by Gasteiger charge is -2.35. The maximum absolute atomic E-state index is 15.2. The van der Waals surface area contributed by atoms with E-state index < -0.39 is 23.8 Å². The second kappa shape index (κ2) is 12.5. The number of aromatic nitrogens is 1. The standard InChI is InChI=1S/C32H39F4N3O2/c1-9-15-31(4,5)30(41-8)37-28(20(3)10-2)24-19-39(18-21-11-13-22(14-12-21)32(34,35)36)26-17-27(38(6)7)25(33)16-23(26)29(24)40/h9,11-14,16-17,19,30,37H,1,10,15,18H2,2-8H3. The predicted molar refractivity (Wildman–Crippen MR) is 158 cm³/mol. The molecule has 1 heterocycles. The molecule has 0 aliphatic rings. The maximum Gasteiger partial charge on any atom is 0.416 e. The van der Waals surface area contributed by atoms with E-state index in [0.29, 0.717) is 35.2 Å². The second-order valence-corrected chi connectivity index (χ2v) is 11.2. The molecule has 0 amide bonds. The molecule has 0 bridgehead atoms. The van der Waals surface area contributed by atoms with Crippen LogP contribution in [-0.2, 0) is 17.5 Å². The summed E-state index contributed by atoms with van der Waals surface area (Å²) >= 11 is 0. The smallest absolute Gasteiger partial charge is 0.375 e. The van der Waals surface area contributed by atoms with E-state index in [1.807, 2.05) is 33.8 Å². The number of hydrogen-bond acceptors (Lipinski definition) is 4. The fraction of sp³-hybridized carbons (Fsp3) is 0.406. The van der Waals surface area contributed by atoms with Crippen molar-refractivity contribution in [2.75, 3.05) is 26.1 Å². The van der Waals surface area contributed by atoms with Gasteiger partial charge in [0.2, 0.25) is 0 Å². The molecule has 3 aromatic rings. The number of rotatable bonds is 11. The van der Waals surface area contributed by atoms with Crippen molar-refractivity contribution in [3.05, 3.63) is 93.6 Å². The number of ether oxygens (including phenoxy) is 1. The third kappa shape index (κ3) is 7.01. The van der Waals surface area contributed by atoms with Gasteiger partial charge in [-0.05, 0) is 55.2 Å². The molecule has 0 saturated heterocycles. The molecular weight excluding hydrogens is 534 g/mol. The highest BCUT2D eigenvalue weighted by molar-refractivity contribution is 5.86. The van der Waals surface area contributed by atoms with Crippen LogP contribution in [0.5, 0.6) is 0 Å². The molecule has 9 heteroatoms. The number of fused-ring (bicyclic) bond motifs is 1. The van der Waals surface area contributed by atoms with Crippen LogP contribution in [0.1, 0.15) is 57.2 Å². The highest BCUT2D eigenvalue weighted by Gasteiger charge is 2.31.